The number of rotatable bonds is 4. The maximum Gasteiger partial charge on any atom is 0.271 e. The van der Waals surface area contributed by atoms with E-state index in [1.165, 1.54) is 11.1 Å². The van der Waals surface area contributed by atoms with Gasteiger partial charge in [0.25, 0.3) is 10.1 Å². The molecule has 30 heavy (non-hydrogen) atoms. The van der Waals surface area contributed by atoms with Crippen LogP contribution in [0, 0.1) is 0 Å². The van der Waals surface area contributed by atoms with Crippen LogP contribution in [0.5, 0.6) is 0 Å². The highest BCUT2D eigenvalue weighted by atomic mass is 35.5. The largest absolute Gasteiger partial charge is 1.00 e. The van der Waals surface area contributed by atoms with Crippen molar-refractivity contribution in [3.05, 3.63) is 121 Å². The maximum atomic E-state index is 5.21. The Morgan fingerprint density at radius 3 is 1.13 bits per heavy atom. The molecule has 2 radical (unpaired) electrons. The molecule has 0 aliphatic heterocycles. The average Bonchev–Trinajstić information content (AvgIpc) is 2.74. The monoisotopic (exact) mass is 472 g/mol. The first kappa shape index (κ1) is 25.8. The van der Waals surface area contributed by atoms with Gasteiger partial charge in [-0.3, -0.25) is 0 Å². The van der Waals surface area contributed by atoms with Crippen molar-refractivity contribution in [2.45, 2.75) is 23.1 Å². The van der Waals surface area contributed by atoms with Crippen LogP contribution in [0.25, 0.3) is 0 Å². The molecule has 0 amide bonds. The number of hydrogen-bond acceptors (Lipinski definition) is 0. The average molecular weight is 473 g/mol. The highest BCUT2D eigenvalue weighted by Crippen LogP contribution is 2.02. The summed E-state index contributed by atoms with van der Waals surface area (Å²) in [5, 5.41) is 1.74. The Bertz CT molecular complexity index is 917. The van der Waals surface area contributed by atoms with Crippen LogP contribution in [-0.4, -0.2) is 0 Å². The van der Waals surface area contributed by atoms with Gasteiger partial charge in [-0.2, -0.15) is 9.13 Å². The summed E-state index contributed by atoms with van der Waals surface area (Å²) in [7, 11) is 0. The van der Waals surface area contributed by atoms with Crippen molar-refractivity contribution in [2.24, 2.45) is 0 Å². The van der Waals surface area contributed by atoms with Crippen LogP contribution in [-0.2, 0) is 13.1 Å². The molecule has 0 atom stereocenters. The molecule has 0 aliphatic rings. The van der Waals surface area contributed by atoms with Crippen LogP contribution >= 0.6 is 25.3 Å². The first-order chi connectivity index (χ1) is 13.7. The topological polar surface area (TPSA) is 7.76 Å². The molecule has 0 spiro atoms. The smallest absolute Gasteiger partial charge is 0.271 e. The van der Waals surface area contributed by atoms with E-state index in [1.807, 2.05) is 85.2 Å². The van der Waals surface area contributed by atoms with Crippen molar-refractivity contribution in [2.75, 3.05) is 0 Å². The van der Waals surface area contributed by atoms with E-state index in [-0.39, 0.29) is 24.8 Å². The predicted molar refractivity (Wildman–Crippen MR) is 116 cm³/mol. The van der Waals surface area contributed by atoms with Crippen LogP contribution < -0.4 is 33.9 Å². The van der Waals surface area contributed by atoms with Crippen LogP contribution in [0.1, 0.15) is 11.1 Å². The Balaban J connectivity index is 0.000000281. The molecular weight excluding hydrogens is 451 g/mol. The number of benzene rings is 2. The molecule has 2 nitrogen and oxygen atoms in total. The van der Waals surface area contributed by atoms with E-state index in [0.717, 1.165) is 23.1 Å². The lowest BCUT2D eigenvalue weighted by atomic mass is 10.2. The SMILES string of the molecule is [Cl-].[Cl-].[S]c1cccc[n+]1Cc1ccccc1.[S]c1cccc[n+]1Cc1ccccc1. The van der Waals surface area contributed by atoms with Crippen molar-refractivity contribution in [3.8, 4) is 0 Å². The zero-order chi connectivity index (χ0) is 19.6. The Labute approximate surface area is 202 Å². The first-order valence-corrected chi connectivity index (χ1v) is 9.93. The number of nitrogens with zero attached hydrogens (tertiary/aromatic N) is 2. The second-order valence-corrected chi connectivity index (χ2v) is 7.14. The Morgan fingerprint density at radius 2 is 0.800 bits per heavy atom. The molecule has 6 heteroatoms. The zero-order valence-electron chi connectivity index (χ0n) is 16.3. The van der Waals surface area contributed by atoms with Gasteiger partial charge in [0.05, 0.1) is 0 Å². The Morgan fingerprint density at radius 1 is 0.467 bits per heavy atom. The molecule has 0 bridgehead atoms. The summed E-state index contributed by atoms with van der Waals surface area (Å²) in [4.78, 5) is 0. The molecule has 154 valence electrons. The molecule has 2 heterocycles. The van der Waals surface area contributed by atoms with E-state index in [2.05, 4.69) is 33.4 Å². The predicted octanol–water partition coefficient (Wildman–Crippen LogP) is -0.834. The highest BCUT2D eigenvalue weighted by molar-refractivity contribution is 7.80. The fraction of sp³-hybridized carbons (Fsp3) is 0.0833. The summed E-state index contributed by atoms with van der Waals surface area (Å²) in [5.41, 5.74) is 2.55. The van der Waals surface area contributed by atoms with Crippen molar-refractivity contribution in [1.82, 2.24) is 0 Å². The van der Waals surface area contributed by atoms with Gasteiger partial charge in [-0.1, -0.05) is 60.7 Å². The number of halogens is 2. The van der Waals surface area contributed by atoms with Gasteiger partial charge in [0.1, 0.15) is 0 Å². The number of aromatic nitrogens is 2. The third kappa shape index (κ3) is 8.25. The number of hydrogen-bond donors (Lipinski definition) is 0. The Hall–Kier alpha value is -2.24. The molecule has 0 saturated carbocycles. The van der Waals surface area contributed by atoms with Gasteiger partial charge in [0, 0.05) is 35.4 Å². The lowest BCUT2D eigenvalue weighted by Gasteiger charge is -1.98. The van der Waals surface area contributed by atoms with Crippen molar-refractivity contribution in [1.29, 1.82) is 0 Å². The van der Waals surface area contributed by atoms with E-state index in [0.29, 0.717) is 0 Å². The quantitative estimate of drug-likeness (QED) is 0.342. The molecule has 4 aromatic rings. The highest BCUT2D eigenvalue weighted by Gasteiger charge is 2.07. The van der Waals surface area contributed by atoms with E-state index >= 15 is 0 Å². The van der Waals surface area contributed by atoms with Crippen LogP contribution in [0.4, 0.5) is 0 Å². The van der Waals surface area contributed by atoms with E-state index in [4.69, 9.17) is 25.3 Å². The summed E-state index contributed by atoms with van der Waals surface area (Å²) in [6.45, 7) is 1.70. The van der Waals surface area contributed by atoms with Gasteiger partial charge in [-0.25, -0.2) is 0 Å². The van der Waals surface area contributed by atoms with Gasteiger partial charge < -0.3 is 24.8 Å². The van der Waals surface area contributed by atoms with Gasteiger partial charge in [0.2, 0.25) is 0 Å². The van der Waals surface area contributed by atoms with Gasteiger partial charge in [0.15, 0.2) is 25.5 Å². The third-order valence-corrected chi connectivity index (χ3v) is 4.93. The van der Waals surface area contributed by atoms with Crippen LogP contribution in [0.3, 0.4) is 0 Å². The molecule has 2 aromatic heterocycles. The first-order valence-electron chi connectivity index (χ1n) is 9.11. The minimum atomic E-state index is 0. The third-order valence-electron chi connectivity index (χ3n) is 4.19. The van der Waals surface area contributed by atoms with Crippen LogP contribution in [0.15, 0.2) is 120 Å². The molecule has 4 rings (SSSR count). The van der Waals surface area contributed by atoms with E-state index < -0.39 is 0 Å². The molecular formula is C24H22Cl2N2S2. The second-order valence-electron chi connectivity index (χ2n) is 6.30. The summed E-state index contributed by atoms with van der Waals surface area (Å²) in [6.07, 6.45) is 4.02. The molecule has 0 aliphatic carbocycles. The molecule has 0 N–H and O–H groups in total. The Kier molecular flexibility index (Phi) is 11.9. The van der Waals surface area contributed by atoms with Crippen molar-refractivity contribution < 1.29 is 33.9 Å². The summed E-state index contributed by atoms with van der Waals surface area (Å²) >= 11 is 10.4. The summed E-state index contributed by atoms with van der Waals surface area (Å²) < 4.78 is 4.12. The summed E-state index contributed by atoms with van der Waals surface area (Å²) in [6, 6.07) is 32.4. The second kappa shape index (κ2) is 13.9. The fourth-order valence-electron chi connectivity index (χ4n) is 2.74. The molecule has 0 unspecified atom stereocenters. The maximum absolute atomic E-state index is 5.21. The summed E-state index contributed by atoms with van der Waals surface area (Å²) in [5.74, 6) is 0. The molecule has 2 aromatic carbocycles. The van der Waals surface area contributed by atoms with Crippen molar-refractivity contribution >= 4 is 25.3 Å². The van der Waals surface area contributed by atoms with E-state index in [1.54, 1.807) is 0 Å². The molecule has 0 saturated heterocycles. The zero-order valence-corrected chi connectivity index (χ0v) is 19.4. The van der Waals surface area contributed by atoms with Gasteiger partial charge in [-0.05, 0) is 37.4 Å². The fourth-order valence-corrected chi connectivity index (χ4v) is 3.15. The minimum Gasteiger partial charge on any atom is -1.00 e. The van der Waals surface area contributed by atoms with Gasteiger partial charge >= 0.3 is 0 Å². The molecule has 0 fully saturated rings. The number of pyridine rings is 2. The van der Waals surface area contributed by atoms with Crippen LogP contribution in [0.2, 0.25) is 0 Å². The lowest BCUT2D eigenvalue weighted by Crippen LogP contribution is -3.00. The standard InChI is InChI=1S/2C12H11NS.2ClH/c2*14-12-8-4-5-9-13(12)10-11-6-2-1-3-7-11;;/h2*1-9H,10H2;2*1H/q2*+1;;/p-2. The van der Waals surface area contributed by atoms with E-state index in [9.17, 15) is 0 Å². The van der Waals surface area contributed by atoms with Crippen molar-refractivity contribution in [3.63, 3.8) is 0 Å². The lowest BCUT2D eigenvalue weighted by molar-refractivity contribution is -0.724. The normalized spacial score (nSPS) is 9.33. The minimum absolute atomic E-state index is 0. The van der Waals surface area contributed by atoms with Gasteiger partial charge in [-0.15, -0.1) is 0 Å².